The molecule has 0 spiro atoms. The molecule has 1 aromatic rings. The molecule has 0 heterocycles. The Labute approximate surface area is 112 Å². The van der Waals surface area contributed by atoms with Crippen LogP contribution in [0.1, 0.15) is 18.1 Å². The number of halogens is 1. The minimum atomic E-state index is -0.379. The predicted molar refractivity (Wildman–Crippen MR) is 72.8 cm³/mol. The van der Waals surface area contributed by atoms with Crippen molar-refractivity contribution in [1.29, 1.82) is 5.26 Å². The number of terminal acetylenes is 1. The maximum absolute atomic E-state index is 13.5. The van der Waals surface area contributed by atoms with Gasteiger partial charge in [0.2, 0.25) is 0 Å². The first kappa shape index (κ1) is 14.5. The number of aliphatic imine (C=N–C) groups is 1. The normalized spacial score (nSPS) is 10.4. The Kier molecular flexibility index (Phi) is 5.91. The standard InChI is InChI=1S/C14H15FN4/c1-3-7-18-14(17-4-2)19-10-12-8-11(9-16)5-6-13(12)15/h1,5-6,8H,4,7,10H2,2H3,(H2,17,18,19). The first-order valence-electron chi connectivity index (χ1n) is 5.85. The fraction of sp³-hybridized carbons (Fsp3) is 0.286. The van der Waals surface area contributed by atoms with Crippen molar-refractivity contribution >= 4 is 5.96 Å². The molecule has 0 atom stereocenters. The third kappa shape index (κ3) is 4.69. The van der Waals surface area contributed by atoms with Crippen LogP contribution in [0.5, 0.6) is 0 Å². The van der Waals surface area contributed by atoms with Crippen LogP contribution in [0.25, 0.3) is 0 Å². The van der Waals surface area contributed by atoms with Crippen LogP contribution in [-0.4, -0.2) is 19.0 Å². The minimum Gasteiger partial charge on any atom is -0.357 e. The fourth-order valence-corrected chi connectivity index (χ4v) is 1.41. The molecule has 98 valence electrons. The van der Waals surface area contributed by atoms with Crippen molar-refractivity contribution in [1.82, 2.24) is 10.6 Å². The number of rotatable bonds is 4. The second-order valence-corrected chi connectivity index (χ2v) is 3.67. The van der Waals surface area contributed by atoms with Crippen LogP contribution < -0.4 is 10.6 Å². The number of nitrogens with zero attached hydrogens (tertiary/aromatic N) is 2. The summed E-state index contributed by atoms with van der Waals surface area (Å²) in [5, 5.41) is 14.7. The van der Waals surface area contributed by atoms with E-state index in [0.717, 1.165) is 0 Å². The van der Waals surface area contributed by atoms with Gasteiger partial charge in [-0.15, -0.1) is 6.42 Å². The molecule has 1 rings (SSSR count). The van der Waals surface area contributed by atoms with Crippen LogP contribution in [0.4, 0.5) is 4.39 Å². The van der Waals surface area contributed by atoms with Gasteiger partial charge in [0.15, 0.2) is 5.96 Å². The lowest BCUT2D eigenvalue weighted by Crippen LogP contribution is -2.37. The molecule has 1 aromatic carbocycles. The molecular weight excluding hydrogens is 243 g/mol. The number of hydrogen-bond donors (Lipinski definition) is 2. The second kappa shape index (κ2) is 7.73. The van der Waals surface area contributed by atoms with Crippen LogP contribution >= 0.6 is 0 Å². The molecule has 0 bridgehead atoms. The van der Waals surface area contributed by atoms with Gasteiger partial charge in [0.05, 0.1) is 24.7 Å². The van der Waals surface area contributed by atoms with Gasteiger partial charge in [-0.1, -0.05) is 5.92 Å². The van der Waals surface area contributed by atoms with E-state index in [9.17, 15) is 4.39 Å². The Bertz CT molecular complexity index is 537. The molecule has 0 aromatic heterocycles. The van der Waals surface area contributed by atoms with Crippen molar-refractivity contribution in [3.05, 3.63) is 35.1 Å². The highest BCUT2D eigenvalue weighted by atomic mass is 19.1. The number of guanidine groups is 1. The molecule has 0 fully saturated rings. The maximum Gasteiger partial charge on any atom is 0.192 e. The summed E-state index contributed by atoms with van der Waals surface area (Å²) in [5.74, 6) is 2.57. The van der Waals surface area contributed by atoms with Crippen LogP contribution in [0, 0.1) is 29.5 Å². The topological polar surface area (TPSA) is 60.2 Å². The SMILES string of the molecule is C#CCNC(=NCc1cc(C#N)ccc1F)NCC. The van der Waals surface area contributed by atoms with E-state index in [1.54, 1.807) is 0 Å². The third-order valence-electron chi connectivity index (χ3n) is 2.28. The Balaban J connectivity index is 2.82. The van der Waals surface area contributed by atoms with E-state index in [2.05, 4.69) is 21.5 Å². The van der Waals surface area contributed by atoms with E-state index in [4.69, 9.17) is 11.7 Å². The predicted octanol–water partition coefficient (Wildman–Crippen LogP) is 1.39. The zero-order valence-electron chi connectivity index (χ0n) is 10.7. The largest absolute Gasteiger partial charge is 0.357 e. The molecule has 0 saturated heterocycles. The molecule has 2 N–H and O–H groups in total. The lowest BCUT2D eigenvalue weighted by atomic mass is 10.1. The molecular formula is C14H15FN4. The van der Waals surface area contributed by atoms with Gasteiger partial charge in [-0.25, -0.2) is 9.38 Å². The van der Waals surface area contributed by atoms with Crippen LogP contribution in [0.2, 0.25) is 0 Å². The van der Waals surface area contributed by atoms with Gasteiger partial charge in [0, 0.05) is 12.1 Å². The minimum absolute atomic E-state index is 0.140. The van der Waals surface area contributed by atoms with Crippen molar-refractivity contribution in [2.24, 2.45) is 4.99 Å². The van der Waals surface area contributed by atoms with Crippen molar-refractivity contribution in [3.63, 3.8) is 0 Å². The molecule has 5 heteroatoms. The number of nitrogens with one attached hydrogen (secondary N) is 2. The molecule has 19 heavy (non-hydrogen) atoms. The zero-order valence-corrected chi connectivity index (χ0v) is 10.7. The Hall–Kier alpha value is -2.53. The quantitative estimate of drug-likeness (QED) is 0.487. The van der Waals surface area contributed by atoms with Gasteiger partial charge >= 0.3 is 0 Å². The van der Waals surface area contributed by atoms with Gasteiger partial charge in [-0.05, 0) is 25.1 Å². The highest BCUT2D eigenvalue weighted by Gasteiger charge is 2.03. The second-order valence-electron chi connectivity index (χ2n) is 3.67. The summed E-state index contributed by atoms with van der Waals surface area (Å²) >= 11 is 0. The third-order valence-corrected chi connectivity index (χ3v) is 2.28. The van der Waals surface area contributed by atoms with Gasteiger partial charge in [-0.2, -0.15) is 5.26 Å². The fourth-order valence-electron chi connectivity index (χ4n) is 1.41. The summed E-state index contributed by atoms with van der Waals surface area (Å²) in [6.07, 6.45) is 5.15. The number of benzene rings is 1. The van der Waals surface area contributed by atoms with E-state index < -0.39 is 0 Å². The van der Waals surface area contributed by atoms with Crippen molar-refractivity contribution in [3.8, 4) is 18.4 Å². The van der Waals surface area contributed by atoms with Gasteiger partial charge in [0.1, 0.15) is 5.82 Å². The van der Waals surface area contributed by atoms with E-state index in [-0.39, 0.29) is 12.4 Å². The molecule has 0 saturated carbocycles. The van der Waals surface area contributed by atoms with E-state index in [0.29, 0.717) is 30.2 Å². The molecule has 0 radical (unpaired) electrons. The van der Waals surface area contributed by atoms with E-state index in [1.807, 2.05) is 13.0 Å². The smallest absolute Gasteiger partial charge is 0.192 e. The van der Waals surface area contributed by atoms with Crippen molar-refractivity contribution in [2.45, 2.75) is 13.5 Å². The van der Waals surface area contributed by atoms with Crippen LogP contribution in [0.3, 0.4) is 0 Å². The Morgan fingerprint density at radius 3 is 2.89 bits per heavy atom. The van der Waals surface area contributed by atoms with E-state index >= 15 is 0 Å². The van der Waals surface area contributed by atoms with Crippen LogP contribution in [0.15, 0.2) is 23.2 Å². The summed E-state index contributed by atoms with van der Waals surface area (Å²) in [5.41, 5.74) is 0.783. The van der Waals surface area contributed by atoms with E-state index in [1.165, 1.54) is 18.2 Å². The summed E-state index contributed by atoms with van der Waals surface area (Å²) < 4.78 is 13.5. The van der Waals surface area contributed by atoms with Gasteiger partial charge in [0.25, 0.3) is 0 Å². The summed E-state index contributed by atoms with van der Waals surface area (Å²) in [4.78, 5) is 4.21. The first-order chi connectivity index (χ1) is 9.21. The lowest BCUT2D eigenvalue weighted by molar-refractivity contribution is 0.610. The monoisotopic (exact) mass is 258 g/mol. The zero-order chi connectivity index (χ0) is 14.1. The Morgan fingerprint density at radius 1 is 1.47 bits per heavy atom. The summed E-state index contributed by atoms with van der Waals surface area (Å²) in [6, 6.07) is 6.16. The number of hydrogen-bond acceptors (Lipinski definition) is 2. The lowest BCUT2D eigenvalue weighted by Gasteiger charge is -2.09. The molecule has 0 aliphatic heterocycles. The van der Waals surface area contributed by atoms with Gasteiger partial charge < -0.3 is 10.6 Å². The highest BCUT2D eigenvalue weighted by molar-refractivity contribution is 5.79. The number of nitriles is 1. The maximum atomic E-state index is 13.5. The highest BCUT2D eigenvalue weighted by Crippen LogP contribution is 2.11. The molecule has 4 nitrogen and oxygen atoms in total. The molecule has 0 unspecified atom stereocenters. The molecule has 0 amide bonds. The van der Waals surface area contributed by atoms with Crippen molar-refractivity contribution in [2.75, 3.05) is 13.1 Å². The first-order valence-corrected chi connectivity index (χ1v) is 5.85. The summed E-state index contributed by atoms with van der Waals surface area (Å²) in [6.45, 7) is 3.08. The van der Waals surface area contributed by atoms with Gasteiger partial charge in [-0.3, -0.25) is 0 Å². The van der Waals surface area contributed by atoms with Crippen LogP contribution in [-0.2, 0) is 6.54 Å². The molecule has 0 aliphatic carbocycles. The Morgan fingerprint density at radius 2 is 2.26 bits per heavy atom. The average molecular weight is 258 g/mol. The molecule has 0 aliphatic rings. The average Bonchev–Trinajstić information content (AvgIpc) is 2.43. The summed E-state index contributed by atoms with van der Waals surface area (Å²) in [7, 11) is 0. The van der Waals surface area contributed by atoms with Crippen molar-refractivity contribution < 1.29 is 4.39 Å².